The van der Waals surface area contributed by atoms with Gasteiger partial charge in [0, 0.05) is 18.7 Å². The van der Waals surface area contributed by atoms with E-state index in [1.807, 2.05) is 0 Å². The zero-order valence-electron chi connectivity index (χ0n) is 11.0. The fourth-order valence-electron chi connectivity index (χ4n) is 1.77. The molecule has 0 fully saturated rings. The maximum absolute atomic E-state index is 10.8. The Hall–Kier alpha value is -2.96. The molecule has 0 unspecified atom stereocenters. The molecule has 0 atom stereocenters. The first-order valence-electron chi connectivity index (χ1n) is 6.24. The Morgan fingerprint density at radius 1 is 1.24 bits per heavy atom. The summed E-state index contributed by atoms with van der Waals surface area (Å²) in [6, 6.07) is 11.0. The van der Waals surface area contributed by atoms with E-state index in [1.54, 1.807) is 24.3 Å². The van der Waals surface area contributed by atoms with Crippen LogP contribution in [0.5, 0.6) is 0 Å². The number of carboxylic acid groups (broad SMARTS) is 1. The van der Waals surface area contributed by atoms with Crippen LogP contribution in [-0.4, -0.2) is 27.5 Å². The van der Waals surface area contributed by atoms with E-state index in [2.05, 4.69) is 10.3 Å². The third-order valence-electron chi connectivity index (χ3n) is 2.84. The number of hydrogen-bond acceptors (Lipinski definition) is 5. The highest BCUT2D eigenvalue weighted by Gasteiger charge is 2.05. The number of carboxylic acids is 1. The topological polar surface area (TPSA) is 105 Å². The van der Waals surface area contributed by atoms with E-state index in [4.69, 9.17) is 5.11 Å². The quantitative estimate of drug-likeness (QED) is 0.624. The Kier molecular flexibility index (Phi) is 4.45. The van der Waals surface area contributed by atoms with Crippen molar-refractivity contribution in [3.05, 3.63) is 63.8 Å². The van der Waals surface area contributed by atoms with Gasteiger partial charge in [0.2, 0.25) is 0 Å². The van der Waals surface area contributed by atoms with Crippen molar-refractivity contribution < 1.29 is 14.8 Å². The average Bonchev–Trinajstić information content (AvgIpc) is 2.48. The molecule has 0 saturated carbocycles. The fourth-order valence-corrected chi connectivity index (χ4v) is 1.77. The van der Waals surface area contributed by atoms with Crippen LogP contribution in [0.15, 0.2) is 42.5 Å². The van der Waals surface area contributed by atoms with Crippen molar-refractivity contribution in [2.24, 2.45) is 0 Å². The monoisotopic (exact) mass is 287 g/mol. The van der Waals surface area contributed by atoms with Crippen LogP contribution in [-0.2, 0) is 6.42 Å². The van der Waals surface area contributed by atoms with Crippen molar-refractivity contribution in [3.63, 3.8) is 0 Å². The van der Waals surface area contributed by atoms with Crippen LogP contribution < -0.4 is 5.32 Å². The normalized spacial score (nSPS) is 10.1. The van der Waals surface area contributed by atoms with Gasteiger partial charge in [-0.3, -0.25) is 10.1 Å². The van der Waals surface area contributed by atoms with E-state index < -0.39 is 10.9 Å². The number of anilines is 1. The van der Waals surface area contributed by atoms with Gasteiger partial charge in [-0.05, 0) is 24.1 Å². The summed E-state index contributed by atoms with van der Waals surface area (Å²) in [6.45, 7) is 0.549. The molecule has 0 aliphatic heterocycles. The van der Waals surface area contributed by atoms with E-state index in [9.17, 15) is 14.9 Å². The highest BCUT2D eigenvalue weighted by atomic mass is 16.6. The van der Waals surface area contributed by atoms with Gasteiger partial charge < -0.3 is 10.4 Å². The minimum atomic E-state index is -1.07. The minimum absolute atomic E-state index is 0.0182. The largest absolute Gasteiger partial charge is 0.477 e. The fraction of sp³-hybridized carbons (Fsp3) is 0.143. The van der Waals surface area contributed by atoms with E-state index in [0.717, 1.165) is 5.56 Å². The molecule has 1 aromatic heterocycles. The molecular formula is C14H13N3O4. The zero-order chi connectivity index (χ0) is 15.2. The number of carbonyl (C=O) groups is 1. The number of hydrogen-bond donors (Lipinski definition) is 2. The molecule has 7 nitrogen and oxygen atoms in total. The van der Waals surface area contributed by atoms with Crippen molar-refractivity contribution >= 4 is 17.5 Å². The van der Waals surface area contributed by atoms with E-state index >= 15 is 0 Å². The second kappa shape index (κ2) is 6.47. The number of pyridine rings is 1. The molecule has 21 heavy (non-hydrogen) atoms. The Labute approximate surface area is 120 Å². The SMILES string of the molecule is O=C(O)c1cccc(NCCc2ccc([N+](=O)[O-])cc2)n1. The Morgan fingerprint density at radius 3 is 2.57 bits per heavy atom. The first kappa shape index (κ1) is 14.4. The van der Waals surface area contributed by atoms with Gasteiger partial charge in [0.05, 0.1) is 4.92 Å². The van der Waals surface area contributed by atoms with Crippen molar-refractivity contribution in [2.45, 2.75) is 6.42 Å². The van der Waals surface area contributed by atoms with Gasteiger partial charge in [0.15, 0.2) is 5.69 Å². The molecule has 0 bridgehead atoms. The molecule has 0 aliphatic carbocycles. The maximum Gasteiger partial charge on any atom is 0.354 e. The lowest BCUT2D eigenvalue weighted by Gasteiger charge is -2.06. The van der Waals surface area contributed by atoms with Crippen LogP contribution >= 0.6 is 0 Å². The first-order chi connectivity index (χ1) is 10.1. The predicted molar refractivity (Wildman–Crippen MR) is 76.5 cm³/mol. The van der Waals surface area contributed by atoms with E-state index in [1.165, 1.54) is 18.2 Å². The molecule has 2 N–H and O–H groups in total. The van der Waals surface area contributed by atoms with Gasteiger partial charge in [0.25, 0.3) is 5.69 Å². The molecule has 1 heterocycles. The summed E-state index contributed by atoms with van der Waals surface area (Å²) in [6.07, 6.45) is 0.650. The Bertz CT molecular complexity index is 656. The highest BCUT2D eigenvalue weighted by Crippen LogP contribution is 2.12. The number of nitro benzene ring substituents is 1. The number of nitrogens with one attached hydrogen (secondary N) is 1. The third-order valence-corrected chi connectivity index (χ3v) is 2.84. The number of nitro groups is 1. The number of rotatable bonds is 6. The van der Waals surface area contributed by atoms with Crippen LogP contribution in [0.1, 0.15) is 16.1 Å². The molecule has 7 heteroatoms. The molecule has 0 aliphatic rings. The second-order valence-corrected chi connectivity index (χ2v) is 4.31. The van der Waals surface area contributed by atoms with Crippen LogP contribution in [0.25, 0.3) is 0 Å². The summed E-state index contributed by atoms with van der Waals surface area (Å²) >= 11 is 0. The van der Waals surface area contributed by atoms with Gasteiger partial charge in [-0.15, -0.1) is 0 Å². The average molecular weight is 287 g/mol. The number of aromatic carboxylic acids is 1. The van der Waals surface area contributed by atoms with Crippen molar-refractivity contribution in [3.8, 4) is 0 Å². The molecule has 2 rings (SSSR count). The van der Waals surface area contributed by atoms with Crippen LogP contribution in [0, 0.1) is 10.1 Å². The van der Waals surface area contributed by atoms with Gasteiger partial charge in [-0.25, -0.2) is 9.78 Å². The van der Waals surface area contributed by atoms with E-state index in [0.29, 0.717) is 18.8 Å². The summed E-state index contributed by atoms with van der Waals surface area (Å²) < 4.78 is 0. The predicted octanol–water partition coefficient (Wildman–Crippen LogP) is 2.34. The summed E-state index contributed by atoms with van der Waals surface area (Å²) in [5, 5.41) is 22.4. The molecule has 0 spiro atoms. The van der Waals surface area contributed by atoms with Crippen LogP contribution in [0.2, 0.25) is 0 Å². The van der Waals surface area contributed by atoms with E-state index in [-0.39, 0.29) is 11.4 Å². The maximum atomic E-state index is 10.8. The van der Waals surface area contributed by atoms with Crippen molar-refractivity contribution in [2.75, 3.05) is 11.9 Å². The first-order valence-corrected chi connectivity index (χ1v) is 6.24. The summed E-state index contributed by atoms with van der Waals surface area (Å²) in [4.78, 5) is 24.8. The Morgan fingerprint density at radius 2 is 1.95 bits per heavy atom. The lowest BCUT2D eigenvalue weighted by Crippen LogP contribution is -2.08. The standard InChI is InChI=1S/C14H13N3O4/c18-14(19)12-2-1-3-13(16-12)15-9-8-10-4-6-11(7-5-10)17(20)21/h1-7H,8-9H2,(H,15,16)(H,18,19). The van der Waals surface area contributed by atoms with Crippen LogP contribution in [0.3, 0.4) is 0 Å². The van der Waals surface area contributed by atoms with Gasteiger partial charge in [0.1, 0.15) is 5.82 Å². The number of benzene rings is 1. The molecule has 0 saturated heterocycles. The third kappa shape index (κ3) is 4.00. The molecule has 0 amide bonds. The van der Waals surface area contributed by atoms with Crippen molar-refractivity contribution in [1.29, 1.82) is 0 Å². The van der Waals surface area contributed by atoms with Gasteiger partial charge >= 0.3 is 5.97 Å². The van der Waals surface area contributed by atoms with Crippen molar-refractivity contribution in [1.82, 2.24) is 4.98 Å². The molecule has 2 aromatic rings. The Balaban J connectivity index is 1.90. The van der Waals surface area contributed by atoms with Gasteiger partial charge in [-0.1, -0.05) is 18.2 Å². The summed E-state index contributed by atoms with van der Waals surface area (Å²) in [5.74, 6) is -0.592. The summed E-state index contributed by atoms with van der Waals surface area (Å²) in [7, 11) is 0. The van der Waals surface area contributed by atoms with Gasteiger partial charge in [-0.2, -0.15) is 0 Å². The number of non-ortho nitro benzene ring substituents is 1. The smallest absolute Gasteiger partial charge is 0.354 e. The summed E-state index contributed by atoms with van der Waals surface area (Å²) in [5.41, 5.74) is 0.986. The number of nitrogens with zero attached hydrogens (tertiary/aromatic N) is 2. The molecule has 108 valence electrons. The van der Waals surface area contributed by atoms with Crippen LogP contribution in [0.4, 0.5) is 11.5 Å². The number of aromatic nitrogens is 1. The minimum Gasteiger partial charge on any atom is -0.477 e. The molecular weight excluding hydrogens is 274 g/mol. The molecule has 0 radical (unpaired) electrons. The lowest BCUT2D eigenvalue weighted by atomic mass is 10.1. The zero-order valence-corrected chi connectivity index (χ0v) is 11.0. The second-order valence-electron chi connectivity index (χ2n) is 4.31. The lowest BCUT2D eigenvalue weighted by molar-refractivity contribution is -0.384. The molecule has 1 aromatic carbocycles. The highest BCUT2D eigenvalue weighted by molar-refractivity contribution is 5.85.